The van der Waals surface area contributed by atoms with Crippen LogP contribution < -0.4 is 10.2 Å². The van der Waals surface area contributed by atoms with Crippen LogP contribution >= 0.6 is 0 Å². The minimum atomic E-state index is -4.39. The Bertz CT molecular complexity index is 541. The number of carbonyl (C=O) groups excluding carboxylic acids is 1. The first-order chi connectivity index (χ1) is 8.31. The zero-order valence-electron chi connectivity index (χ0n) is 9.64. The van der Waals surface area contributed by atoms with E-state index in [0.717, 1.165) is 12.1 Å². The second kappa shape index (κ2) is 3.18. The Morgan fingerprint density at radius 3 is 2.78 bits per heavy atom. The fraction of sp³-hybridized carbons (Fsp3) is 0.417. The fourth-order valence-corrected chi connectivity index (χ4v) is 2.66. The number of hydrogen-bond acceptors (Lipinski definition) is 2. The second-order valence-corrected chi connectivity index (χ2v) is 4.86. The molecule has 0 bridgehead atoms. The van der Waals surface area contributed by atoms with Crippen molar-refractivity contribution in [3.05, 3.63) is 23.8 Å². The molecule has 1 atom stereocenters. The van der Waals surface area contributed by atoms with Crippen molar-refractivity contribution in [2.75, 3.05) is 10.2 Å². The molecular weight excluding hydrogens is 245 g/mol. The van der Waals surface area contributed by atoms with Gasteiger partial charge in [0.05, 0.1) is 16.9 Å². The quantitative estimate of drug-likeness (QED) is 0.774. The Morgan fingerprint density at radius 2 is 2.11 bits per heavy atom. The lowest BCUT2D eigenvalue weighted by Crippen LogP contribution is -2.44. The van der Waals surface area contributed by atoms with E-state index in [9.17, 15) is 18.0 Å². The van der Waals surface area contributed by atoms with E-state index >= 15 is 0 Å². The Kier molecular flexibility index (Phi) is 2.01. The molecule has 3 rings (SSSR count). The number of nitrogens with one attached hydrogen (secondary N) is 1. The van der Waals surface area contributed by atoms with Crippen molar-refractivity contribution in [3.63, 3.8) is 0 Å². The van der Waals surface area contributed by atoms with E-state index in [1.807, 2.05) is 6.92 Å². The summed E-state index contributed by atoms with van der Waals surface area (Å²) in [5, 5.41) is 3.12. The minimum absolute atomic E-state index is 0.136. The van der Waals surface area contributed by atoms with Gasteiger partial charge in [-0.05, 0) is 31.5 Å². The maximum atomic E-state index is 12.7. The Balaban J connectivity index is 2.11. The molecule has 1 unspecified atom stereocenters. The van der Waals surface area contributed by atoms with Crippen LogP contribution in [0.25, 0.3) is 0 Å². The summed E-state index contributed by atoms with van der Waals surface area (Å²) in [6.45, 7) is 1.82. The second-order valence-electron chi connectivity index (χ2n) is 4.86. The van der Waals surface area contributed by atoms with Gasteiger partial charge in [-0.3, -0.25) is 9.69 Å². The van der Waals surface area contributed by atoms with Crippen LogP contribution in [0.5, 0.6) is 0 Å². The predicted octanol–water partition coefficient (Wildman–Crippen LogP) is 2.97. The number of alkyl halides is 3. The summed E-state index contributed by atoms with van der Waals surface area (Å²) < 4.78 is 38.0. The van der Waals surface area contributed by atoms with Crippen molar-refractivity contribution in [1.82, 2.24) is 0 Å². The highest BCUT2D eigenvalue weighted by Crippen LogP contribution is 2.47. The predicted molar refractivity (Wildman–Crippen MR) is 60.2 cm³/mol. The topological polar surface area (TPSA) is 32.3 Å². The molecule has 0 aliphatic carbocycles. The molecule has 96 valence electrons. The van der Waals surface area contributed by atoms with Gasteiger partial charge in [0.15, 0.2) is 0 Å². The van der Waals surface area contributed by atoms with Crippen molar-refractivity contribution < 1.29 is 18.0 Å². The highest BCUT2D eigenvalue weighted by atomic mass is 19.4. The van der Waals surface area contributed by atoms with Crippen molar-refractivity contribution in [3.8, 4) is 0 Å². The summed E-state index contributed by atoms with van der Waals surface area (Å²) in [5.41, 5.74) is -0.399. The van der Waals surface area contributed by atoms with Gasteiger partial charge in [-0.15, -0.1) is 0 Å². The fourth-order valence-electron chi connectivity index (χ4n) is 2.66. The summed E-state index contributed by atoms with van der Waals surface area (Å²) in [6, 6.07) is 3.45. The lowest BCUT2D eigenvalue weighted by atomic mass is 10.1. The molecule has 6 heteroatoms. The largest absolute Gasteiger partial charge is 0.416 e. The van der Waals surface area contributed by atoms with Gasteiger partial charge in [0.25, 0.3) is 0 Å². The van der Waals surface area contributed by atoms with Gasteiger partial charge in [0, 0.05) is 6.42 Å². The minimum Gasteiger partial charge on any atom is -0.361 e. The number of rotatable bonds is 0. The molecule has 2 heterocycles. The maximum absolute atomic E-state index is 12.7. The van der Waals surface area contributed by atoms with E-state index in [4.69, 9.17) is 0 Å². The summed E-state index contributed by atoms with van der Waals surface area (Å²) in [6.07, 6.45) is -3.43. The van der Waals surface area contributed by atoms with Gasteiger partial charge >= 0.3 is 6.18 Å². The molecule has 1 aromatic carbocycles. The number of benzene rings is 1. The molecule has 0 aromatic heterocycles. The zero-order chi connectivity index (χ0) is 13.1. The highest BCUT2D eigenvalue weighted by Gasteiger charge is 2.48. The van der Waals surface area contributed by atoms with Crippen LogP contribution in [0.2, 0.25) is 0 Å². The highest BCUT2D eigenvalue weighted by molar-refractivity contribution is 6.03. The normalized spacial score (nSPS) is 26.0. The SMILES string of the molecule is CC12CCC(=O)N1c1cc(C(F)(F)F)ccc1N2. The van der Waals surface area contributed by atoms with E-state index in [0.29, 0.717) is 24.2 Å². The Labute approximate surface area is 102 Å². The molecule has 1 saturated heterocycles. The van der Waals surface area contributed by atoms with Crippen molar-refractivity contribution in [1.29, 1.82) is 0 Å². The van der Waals surface area contributed by atoms with Crippen molar-refractivity contribution in [2.45, 2.75) is 31.6 Å². The van der Waals surface area contributed by atoms with E-state index in [-0.39, 0.29) is 5.91 Å². The van der Waals surface area contributed by atoms with E-state index in [2.05, 4.69) is 5.32 Å². The maximum Gasteiger partial charge on any atom is 0.416 e. The smallest absolute Gasteiger partial charge is 0.361 e. The van der Waals surface area contributed by atoms with Crippen LogP contribution in [0, 0.1) is 0 Å². The Morgan fingerprint density at radius 1 is 1.39 bits per heavy atom. The third kappa shape index (κ3) is 1.41. The number of fused-ring (bicyclic) bond motifs is 3. The van der Waals surface area contributed by atoms with E-state index in [1.54, 1.807) is 0 Å². The zero-order valence-corrected chi connectivity index (χ0v) is 9.64. The number of nitrogens with zero attached hydrogens (tertiary/aromatic N) is 1. The number of carbonyl (C=O) groups is 1. The van der Waals surface area contributed by atoms with Gasteiger partial charge in [-0.25, -0.2) is 0 Å². The van der Waals surface area contributed by atoms with Gasteiger partial charge in [0.2, 0.25) is 5.91 Å². The summed E-state index contributed by atoms with van der Waals surface area (Å²) in [5.74, 6) is -0.136. The molecule has 0 saturated carbocycles. The van der Waals surface area contributed by atoms with Gasteiger partial charge < -0.3 is 5.32 Å². The monoisotopic (exact) mass is 256 g/mol. The molecule has 0 spiro atoms. The van der Waals surface area contributed by atoms with E-state index in [1.165, 1.54) is 11.0 Å². The molecule has 1 N–H and O–H groups in total. The molecule has 0 radical (unpaired) electrons. The first-order valence-corrected chi connectivity index (χ1v) is 5.64. The number of halogens is 3. The van der Waals surface area contributed by atoms with Crippen LogP contribution in [0.4, 0.5) is 24.5 Å². The standard InChI is InChI=1S/C12H11F3N2O/c1-11-5-4-10(18)17(11)9-6-7(12(13,14)15)2-3-8(9)16-11/h2-3,6,16H,4-5H2,1H3. The molecular formula is C12H11F3N2O. The molecule has 1 amide bonds. The first kappa shape index (κ1) is 11.4. The Hall–Kier alpha value is -1.72. The van der Waals surface area contributed by atoms with Crippen LogP contribution in [0.3, 0.4) is 0 Å². The molecule has 3 nitrogen and oxygen atoms in total. The van der Waals surface area contributed by atoms with Crippen molar-refractivity contribution >= 4 is 17.3 Å². The van der Waals surface area contributed by atoms with Crippen molar-refractivity contribution in [2.24, 2.45) is 0 Å². The van der Waals surface area contributed by atoms with E-state index < -0.39 is 17.4 Å². The summed E-state index contributed by atoms with van der Waals surface area (Å²) >= 11 is 0. The molecule has 2 aliphatic heterocycles. The number of amides is 1. The van der Waals surface area contributed by atoms with Gasteiger partial charge in [-0.1, -0.05) is 0 Å². The molecule has 2 aliphatic rings. The summed E-state index contributed by atoms with van der Waals surface area (Å²) in [7, 11) is 0. The van der Waals surface area contributed by atoms with Crippen LogP contribution in [-0.2, 0) is 11.0 Å². The number of hydrogen-bond donors (Lipinski definition) is 1. The van der Waals surface area contributed by atoms with Crippen LogP contribution in [0.15, 0.2) is 18.2 Å². The van der Waals surface area contributed by atoms with Gasteiger partial charge in [0.1, 0.15) is 5.66 Å². The summed E-state index contributed by atoms with van der Waals surface area (Å²) in [4.78, 5) is 13.2. The average Bonchev–Trinajstić information content (AvgIpc) is 2.70. The third-order valence-electron chi connectivity index (χ3n) is 3.54. The van der Waals surface area contributed by atoms with Gasteiger partial charge in [-0.2, -0.15) is 13.2 Å². The van der Waals surface area contributed by atoms with Crippen LogP contribution in [-0.4, -0.2) is 11.6 Å². The third-order valence-corrected chi connectivity index (χ3v) is 3.54. The lowest BCUT2D eigenvalue weighted by Gasteiger charge is -2.27. The molecule has 1 fully saturated rings. The molecule has 18 heavy (non-hydrogen) atoms. The van der Waals surface area contributed by atoms with Crippen LogP contribution in [0.1, 0.15) is 25.3 Å². The number of anilines is 2. The lowest BCUT2D eigenvalue weighted by molar-refractivity contribution is -0.137. The molecule has 1 aromatic rings. The average molecular weight is 256 g/mol. The first-order valence-electron chi connectivity index (χ1n) is 5.64.